The molecule has 0 bridgehead atoms. The number of hydrogen-bond acceptors (Lipinski definition) is 3. The van der Waals surface area contributed by atoms with E-state index in [-0.39, 0.29) is 0 Å². The van der Waals surface area contributed by atoms with Crippen molar-refractivity contribution in [1.29, 1.82) is 0 Å². The fourth-order valence-electron chi connectivity index (χ4n) is 2.43. The van der Waals surface area contributed by atoms with Gasteiger partial charge in [-0.2, -0.15) is 0 Å². The molecule has 96 valence electrons. The highest BCUT2D eigenvalue weighted by Crippen LogP contribution is 2.10. The molecule has 0 amide bonds. The summed E-state index contributed by atoms with van der Waals surface area (Å²) in [4.78, 5) is 7.05. The van der Waals surface area contributed by atoms with Gasteiger partial charge < -0.3 is 14.8 Å². The average Bonchev–Trinajstić information content (AvgIpc) is 2.90. The second-order valence-corrected chi connectivity index (χ2v) is 4.87. The minimum atomic E-state index is 1.00. The molecule has 1 aliphatic rings. The quantitative estimate of drug-likeness (QED) is 0.821. The van der Waals surface area contributed by atoms with E-state index in [2.05, 4.69) is 39.8 Å². The van der Waals surface area contributed by atoms with Gasteiger partial charge >= 0.3 is 0 Å². The van der Waals surface area contributed by atoms with Crippen LogP contribution in [0.3, 0.4) is 0 Å². The van der Waals surface area contributed by atoms with E-state index in [1.807, 2.05) is 0 Å². The van der Waals surface area contributed by atoms with Crippen molar-refractivity contribution < 1.29 is 0 Å². The van der Waals surface area contributed by atoms with Gasteiger partial charge in [-0.3, -0.25) is 0 Å². The minimum absolute atomic E-state index is 1.00. The first-order chi connectivity index (χ1) is 8.29. The van der Waals surface area contributed by atoms with Crippen molar-refractivity contribution in [2.24, 2.45) is 0 Å². The molecular weight excluding hydrogens is 212 g/mol. The molecule has 0 radical (unpaired) electrons. The monoisotopic (exact) mass is 236 g/mol. The summed E-state index contributed by atoms with van der Waals surface area (Å²) in [5, 5.41) is 3.46. The van der Waals surface area contributed by atoms with Gasteiger partial charge in [-0.15, -0.1) is 0 Å². The highest BCUT2D eigenvalue weighted by atomic mass is 15.2. The van der Waals surface area contributed by atoms with E-state index in [1.165, 1.54) is 25.9 Å². The van der Waals surface area contributed by atoms with Crippen LogP contribution in [0.15, 0.2) is 6.20 Å². The number of aromatic nitrogens is 2. The smallest absolute Gasteiger partial charge is 0.203 e. The standard InChI is InChI=1S/C13H24N4/c1-3-7-17-11-12(2)15-13(17)14-6-10-16-8-4-5-9-16/h11H,3-10H2,1-2H3,(H,14,15). The zero-order valence-electron chi connectivity index (χ0n) is 11.1. The number of aryl methyl sites for hydroxylation is 2. The van der Waals surface area contributed by atoms with E-state index in [0.29, 0.717) is 0 Å². The highest BCUT2D eigenvalue weighted by molar-refractivity contribution is 5.28. The largest absolute Gasteiger partial charge is 0.354 e. The first-order valence-electron chi connectivity index (χ1n) is 6.79. The van der Waals surface area contributed by atoms with Crippen molar-refractivity contribution in [3.05, 3.63) is 11.9 Å². The molecule has 2 rings (SSSR count). The summed E-state index contributed by atoms with van der Waals surface area (Å²) in [6.07, 6.45) is 6.01. The SMILES string of the molecule is CCCn1cc(C)nc1NCCN1CCCC1. The number of nitrogens with one attached hydrogen (secondary N) is 1. The van der Waals surface area contributed by atoms with Gasteiger partial charge in [0.1, 0.15) is 0 Å². The number of rotatable bonds is 6. The van der Waals surface area contributed by atoms with Crippen molar-refractivity contribution in [2.75, 3.05) is 31.5 Å². The van der Waals surface area contributed by atoms with E-state index in [4.69, 9.17) is 0 Å². The Labute approximate surface area is 104 Å². The van der Waals surface area contributed by atoms with Crippen molar-refractivity contribution in [1.82, 2.24) is 14.5 Å². The van der Waals surface area contributed by atoms with Crippen LogP contribution in [0, 0.1) is 6.92 Å². The summed E-state index contributed by atoms with van der Waals surface area (Å²) in [7, 11) is 0. The Morgan fingerprint density at radius 2 is 2.06 bits per heavy atom. The number of nitrogens with zero attached hydrogens (tertiary/aromatic N) is 3. The number of hydrogen-bond donors (Lipinski definition) is 1. The molecule has 0 atom stereocenters. The minimum Gasteiger partial charge on any atom is -0.354 e. The van der Waals surface area contributed by atoms with E-state index >= 15 is 0 Å². The van der Waals surface area contributed by atoms with Crippen molar-refractivity contribution in [3.63, 3.8) is 0 Å². The van der Waals surface area contributed by atoms with Gasteiger partial charge in [0.2, 0.25) is 5.95 Å². The molecule has 1 fully saturated rings. The Kier molecular flexibility index (Phi) is 4.42. The topological polar surface area (TPSA) is 33.1 Å². The van der Waals surface area contributed by atoms with Crippen molar-refractivity contribution in [3.8, 4) is 0 Å². The van der Waals surface area contributed by atoms with Gasteiger partial charge in [0.15, 0.2) is 0 Å². The van der Waals surface area contributed by atoms with Crippen LogP contribution in [0.1, 0.15) is 31.9 Å². The van der Waals surface area contributed by atoms with Gasteiger partial charge in [-0.05, 0) is 39.3 Å². The van der Waals surface area contributed by atoms with Gasteiger partial charge in [-0.1, -0.05) is 6.92 Å². The Bertz CT molecular complexity index is 339. The molecule has 1 saturated heterocycles. The van der Waals surface area contributed by atoms with Crippen LogP contribution in [0.5, 0.6) is 0 Å². The normalized spacial score (nSPS) is 16.6. The third kappa shape index (κ3) is 3.46. The molecule has 1 aromatic rings. The summed E-state index contributed by atoms with van der Waals surface area (Å²) in [5.41, 5.74) is 1.10. The molecule has 1 aliphatic heterocycles. The molecule has 17 heavy (non-hydrogen) atoms. The maximum atomic E-state index is 4.53. The van der Waals surface area contributed by atoms with Crippen molar-refractivity contribution >= 4 is 5.95 Å². The van der Waals surface area contributed by atoms with E-state index < -0.39 is 0 Å². The lowest BCUT2D eigenvalue weighted by atomic mass is 10.4. The van der Waals surface area contributed by atoms with Crippen LogP contribution in [0.4, 0.5) is 5.95 Å². The summed E-state index contributed by atoms with van der Waals surface area (Å²) < 4.78 is 2.22. The lowest BCUT2D eigenvalue weighted by molar-refractivity contribution is 0.352. The lowest BCUT2D eigenvalue weighted by Gasteiger charge is -2.15. The van der Waals surface area contributed by atoms with Crippen LogP contribution in [-0.2, 0) is 6.54 Å². The Hall–Kier alpha value is -1.03. The summed E-state index contributed by atoms with van der Waals surface area (Å²) in [5.74, 6) is 1.03. The molecule has 4 heteroatoms. The Morgan fingerprint density at radius 1 is 1.29 bits per heavy atom. The molecule has 1 aromatic heterocycles. The van der Waals surface area contributed by atoms with E-state index in [9.17, 15) is 0 Å². The van der Waals surface area contributed by atoms with E-state index in [1.54, 1.807) is 0 Å². The van der Waals surface area contributed by atoms with Gasteiger partial charge in [0.05, 0.1) is 5.69 Å². The van der Waals surface area contributed by atoms with Gasteiger partial charge in [0.25, 0.3) is 0 Å². The predicted octanol–water partition coefficient (Wildman–Crippen LogP) is 2.11. The molecule has 0 spiro atoms. The second-order valence-electron chi connectivity index (χ2n) is 4.87. The first-order valence-corrected chi connectivity index (χ1v) is 6.79. The van der Waals surface area contributed by atoms with Crippen LogP contribution < -0.4 is 5.32 Å². The number of anilines is 1. The summed E-state index contributed by atoms with van der Waals surface area (Å²) >= 11 is 0. The Balaban J connectivity index is 1.80. The summed E-state index contributed by atoms with van der Waals surface area (Å²) in [6, 6.07) is 0. The van der Waals surface area contributed by atoms with Crippen LogP contribution in [-0.4, -0.2) is 40.6 Å². The van der Waals surface area contributed by atoms with Gasteiger partial charge in [0, 0.05) is 25.8 Å². The molecule has 0 aromatic carbocycles. The predicted molar refractivity (Wildman–Crippen MR) is 71.4 cm³/mol. The van der Waals surface area contributed by atoms with Crippen molar-refractivity contribution in [2.45, 2.75) is 39.7 Å². The first kappa shape index (κ1) is 12.4. The number of likely N-dealkylation sites (tertiary alicyclic amines) is 1. The molecular formula is C13H24N4. The van der Waals surface area contributed by atoms with Gasteiger partial charge in [-0.25, -0.2) is 4.98 Å². The lowest BCUT2D eigenvalue weighted by Crippen LogP contribution is -2.26. The van der Waals surface area contributed by atoms with Crippen LogP contribution in [0.2, 0.25) is 0 Å². The average molecular weight is 236 g/mol. The maximum Gasteiger partial charge on any atom is 0.203 e. The fraction of sp³-hybridized carbons (Fsp3) is 0.769. The van der Waals surface area contributed by atoms with Crippen LogP contribution in [0.25, 0.3) is 0 Å². The third-order valence-electron chi connectivity index (χ3n) is 3.27. The van der Waals surface area contributed by atoms with E-state index in [0.717, 1.165) is 37.7 Å². The zero-order chi connectivity index (χ0) is 12.1. The number of imidazole rings is 1. The Morgan fingerprint density at radius 3 is 2.76 bits per heavy atom. The maximum absolute atomic E-state index is 4.53. The molecule has 0 saturated carbocycles. The molecule has 2 heterocycles. The molecule has 0 aliphatic carbocycles. The third-order valence-corrected chi connectivity index (χ3v) is 3.27. The molecule has 4 nitrogen and oxygen atoms in total. The van der Waals surface area contributed by atoms with Crippen LogP contribution >= 0.6 is 0 Å². The summed E-state index contributed by atoms with van der Waals surface area (Å²) in [6.45, 7) is 9.97. The molecule has 1 N–H and O–H groups in total. The fourth-order valence-corrected chi connectivity index (χ4v) is 2.43. The second kappa shape index (κ2) is 6.05. The molecule has 0 unspecified atom stereocenters. The highest BCUT2D eigenvalue weighted by Gasteiger charge is 2.11. The zero-order valence-corrected chi connectivity index (χ0v) is 11.1.